The molecule has 0 heterocycles. The van der Waals surface area contributed by atoms with Crippen molar-refractivity contribution in [2.45, 2.75) is 4.90 Å². The van der Waals surface area contributed by atoms with Crippen molar-refractivity contribution in [3.63, 3.8) is 0 Å². The zero-order chi connectivity index (χ0) is 10.0. The fourth-order valence-corrected chi connectivity index (χ4v) is 2.29. The van der Waals surface area contributed by atoms with E-state index in [1.807, 2.05) is 0 Å². The van der Waals surface area contributed by atoms with E-state index in [0.29, 0.717) is 14.9 Å². The highest BCUT2D eigenvalue weighted by Crippen LogP contribution is 2.35. The Hall–Kier alpha value is -0.450. The molecule has 70 valence electrons. The highest BCUT2D eigenvalue weighted by molar-refractivity contribution is 7.98. The molecule has 0 spiro atoms. The molecule has 0 aromatic heterocycles. The lowest BCUT2D eigenvalue weighted by molar-refractivity contribution is -0.384. The molecule has 0 unspecified atom stereocenters. The molecule has 13 heavy (non-hydrogen) atoms. The largest absolute Gasteiger partial charge is 0.272 e. The maximum absolute atomic E-state index is 10.4. The second-order valence-corrected chi connectivity index (χ2v) is 3.83. The van der Waals surface area contributed by atoms with E-state index in [4.69, 9.17) is 23.2 Å². The van der Waals surface area contributed by atoms with Gasteiger partial charge in [-0.05, 0) is 6.26 Å². The van der Waals surface area contributed by atoms with E-state index in [9.17, 15) is 10.1 Å². The molecule has 0 fully saturated rings. The van der Waals surface area contributed by atoms with Gasteiger partial charge in [-0.15, -0.1) is 11.8 Å². The molecule has 0 aliphatic heterocycles. The Labute approximate surface area is 89.2 Å². The van der Waals surface area contributed by atoms with E-state index in [1.165, 1.54) is 23.9 Å². The molecule has 0 aliphatic carbocycles. The third-order valence-electron chi connectivity index (χ3n) is 1.40. The topological polar surface area (TPSA) is 43.1 Å². The number of nitro benzene ring substituents is 1. The van der Waals surface area contributed by atoms with Gasteiger partial charge < -0.3 is 0 Å². The van der Waals surface area contributed by atoms with E-state index in [0.717, 1.165) is 0 Å². The van der Waals surface area contributed by atoms with Crippen LogP contribution in [0.3, 0.4) is 0 Å². The summed E-state index contributed by atoms with van der Waals surface area (Å²) >= 11 is 12.9. The van der Waals surface area contributed by atoms with Crippen LogP contribution in [0.5, 0.6) is 0 Å². The van der Waals surface area contributed by atoms with Crippen LogP contribution in [0.1, 0.15) is 0 Å². The summed E-state index contributed by atoms with van der Waals surface area (Å²) in [6, 6.07) is 2.58. The Bertz CT molecular complexity index is 333. The Morgan fingerprint density at radius 2 is 1.85 bits per heavy atom. The summed E-state index contributed by atoms with van der Waals surface area (Å²) in [5.41, 5.74) is -0.0900. The number of nitro groups is 1. The average molecular weight is 238 g/mol. The number of nitrogens with zero attached hydrogens (tertiary/aromatic N) is 1. The Morgan fingerprint density at radius 1 is 1.38 bits per heavy atom. The first-order valence-corrected chi connectivity index (χ1v) is 5.21. The van der Waals surface area contributed by atoms with E-state index in [-0.39, 0.29) is 5.69 Å². The SMILES string of the molecule is CSc1c(Cl)cc([N+](=O)[O-])cc1Cl. The maximum Gasteiger partial charge on any atom is 0.272 e. The predicted molar refractivity (Wildman–Crippen MR) is 54.9 cm³/mol. The molecule has 0 bridgehead atoms. The Kier molecular flexibility index (Phi) is 3.41. The quantitative estimate of drug-likeness (QED) is 0.449. The van der Waals surface area contributed by atoms with Crippen molar-refractivity contribution in [1.29, 1.82) is 0 Å². The number of hydrogen-bond donors (Lipinski definition) is 0. The molecule has 0 aliphatic rings. The van der Waals surface area contributed by atoms with E-state index in [1.54, 1.807) is 6.26 Å². The zero-order valence-electron chi connectivity index (χ0n) is 6.58. The van der Waals surface area contributed by atoms with Gasteiger partial charge >= 0.3 is 0 Å². The van der Waals surface area contributed by atoms with Gasteiger partial charge in [0.25, 0.3) is 5.69 Å². The fraction of sp³-hybridized carbons (Fsp3) is 0.143. The van der Waals surface area contributed by atoms with Gasteiger partial charge in [-0.1, -0.05) is 23.2 Å². The van der Waals surface area contributed by atoms with Crippen molar-refractivity contribution in [3.8, 4) is 0 Å². The van der Waals surface area contributed by atoms with E-state index < -0.39 is 4.92 Å². The van der Waals surface area contributed by atoms with Crippen LogP contribution >= 0.6 is 35.0 Å². The summed E-state index contributed by atoms with van der Waals surface area (Å²) in [6.07, 6.45) is 1.80. The molecule has 0 N–H and O–H groups in total. The van der Waals surface area contributed by atoms with Gasteiger partial charge in [-0.2, -0.15) is 0 Å². The van der Waals surface area contributed by atoms with Gasteiger partial charge in [-0.25, -0.2) is 0 Å². The van der Waals surface area contributed by atoms with Crippen LogP contribution in [0, 0.1) is 10.1 Å². The summed E-state index contributed by atoms with van der Waals surface area (Å²) in [4.78, 5) is 10.5. The van der Waals surface area contributed by atoms with Crippen molar-refractivity contribution in [2.24, 2.45) is 0 Å². The molecule has 0 saturated heterocycles. The van der Waals surface area contributed by atoms with E-state index in [2.05, 4.69) is 0 Å². The molecular formula is C7H5Cl2NO2S. The normalized spacial score (nSPS) is 10.1. The van der Waals surface area contributed by atoms with Crippen LogP contribution in [-0.4, -0.2) is 11.2 Å². The lowest BCUT2D eigenvalue weighted by Gasteiger charge is -2.02. The summed E-state index contributed by atoms with van der Waals surface area (Å²) in [7, 11) is 0. The zero-order valence-corrected chi connectivity index (χ0v) is 8.91. The van der Waals surface area contributed by atoms with Crippen LogP contribution in [-0.2, 0) is 0 Å². The molecular weight excluding hydrogens is 233 g/mol. The van der Waals surface area contributed by atoms with Crippen LogP contribution in [0.2, 0.25) is 10.0 Å². The second-order valence-electron chi connectivity index (χ2n) is 2.20. The molecule has 6 heteroatoms. The predicted octanol–water partition coefficient (Wildman–Crippen LogP) is 3.62. The van der Waals surface area contributed by atoms with Crippen molar-refractivity contribution >= 4 is 40.7 Å². The molecule has 0 amide bonds. The van der Waals surface area contributed by atoms with Crippen molar-refractivity contribution in [2.75, 3.05) is 6.26 Å². The van der Waals surface area contributed by atoms with E-state index >= 15 is 0 Å². The summed E-state index contributed by atoms with van der Waals surface area (Å²) < 4.78 is 0. The minimum absolute atomic E-state index is 0.0900. The summed E-state index contributed by atoms with van der Waals surface area (Å²) in [6.45, 7) is 0. The molecule has 1 rings (SSSR count). The Balaban J connectivity index is 3.28. The number of thioether (sulfide) groups is 1. The lowest BCUT2D eigenvalue weighted by atomic mass is 10.3. The molecule has 1 aromatic rings. The minimum atomic E-state index is -0.526. The van der Waals surface area contributed by atoms with Crippen LogP contribution in [0.15, 0.2) is 17.0 Å². The third kappa shape index (κ3) is 2.27. The Morgan fingerprint density at radius 3 is 2.15 bits per heavy atom. The van der Waals surface area contributed by atoms with Gasteiger partial charge in [-0.3, -0.25) is 10.1 Å². The lowest BCUT2D eigenvalue weighted by Crippen LogP contribution is -1.88. The fourth-order valence-electron chi connectivity index (χ4n) is 0.847. The summed E-state index contributed by atoms with van der Waals surface area (Å²) in [5, 5.41) is 11.0. The molecule has 0 radical (unpaired) electrons. The number of halogens is 2. The van der Waals surface area contributed by atoms with Crippen molar-refractivity contribution in [1.82, 2.24) is 0 Å². The number of non-ortho nitro benzene ring substituents is 1. The first-order chi connectivity index (χ1) is 6.06. The first kappa shape index (κ1) is 10.6. The van der Waals surface area contributed by atoms with Gasteiger partial charge in [0, 0.05) is 17.0 Å². The van der Waals surface area contributed by atoms with Crippen molar-refractivity contribution < 1.29 is 4.92 Å². The molecule has 3 nitrogen and oxygen atoms in total. The standard InChI is InChI=1S/C7H5Cl2NO2S/c1-13-7-5(8)2-4(10(11)12)3-6(7)9/h2-3H,1H3. The molecule has 1 aromatic carbocycles. The smallest absolute Gasteiger partial charge is 0.258 e. The minimum Gasteiger partial charge on any atom is -0.258 e. The monoisotopic (exact) mass is 237 g/mol. The van der Waals surface area contributed by atoms with Crippen LogP contribution < -0.4 is 0 Å². The number of hydrogen-bond acceptors (Lipinski definition) is 3. The highest BCUT2D eigenvalue weighted by Gasteiger charge is 2.13. The first-order valence-electron chi connectivity index (χ1n) is 3.23. The number of benzene rings is 1. The molecule has 0 atom stereocenters. The van der Waals surface area contributed by atoms with Gasteiger partial charge in [0.2, 0.25) is 0 Å². The van der Waals surface area contributed by atoms with Crippen LogP contribution in [0.4, 0.5) is 5.69 Å². The van der Waals surface area contributed by atoms with Gasteiger partial charge in [0.15, 0.2) is 0 Å². The van der Waals surface area contributed by atoms with Gasteiger partial charge in [0.1, 0.15) is 0 Å². The number of rotatable bonds is 2. The highest BCUT2D eigenvalue weighted by atomic mass is 35.5. The average Bonchev–Trinajstić information content (AvgIpc) is 2.03. The van der Waals surface area contributed by atoms with Gasteiger partial charge in [0.05, 0.1) is 15.0 Å². The second kappa shape index (κ2) is 4.17. The van der Waals surface area contributed by atoms with Crippen molar-refractivity contribution in [3.05, 3.63) is 32.3 Å². The molecule has 0 saturated carbocycles. The van der Waals surface area contributed by atoms with Crippen LogP contribution in [0.25, 0.3) is 0 Å². The third-order valence-corrected chi connectivity index (χ3v) is 3.07. The maximum atomic E-state index is 10.4. The summed E-state index contributed by atoms with van der Waals surface area (Å²) in [5.74, 6) is 0.